The molecule has 1 aliphatic rings. The minimum absolute atomic E-state index is 0. The van der Waals surface area contributed by atoms with Crippen molar-refractivity contribution in [2.24, 2.45) is 4.99 Å². The second-order valence-electron chi connectivity index (χ2n) is 6.70. The molecule has 8 heteroatoms. The lowest BCUT2D eigenvalue weighted by Crippen LogP contribution is -2.48. The highest BCUT2D eigenvalue weighted by Crippen LogP contribution is 2.24. The number of hydrogen-bond donors (Lipinski definition) is 3. The lowest BCUT2D eigenvalue weighted by molar-refractivity contribution is 0.462. The molecule has 0 saturated carbocycles. The Morgan fingerprint density at radius 3 is 2.68 bits per heavy atom. The molecule has 2 aromatic heterocycles. The van der Waals surface area contributed by atoms with Crippen molar-refractivity contribution in [3.63, 3.8) is 0 Å². The topological polar surface area (TPSA) is 64.6 Å². The molecule has 0 aliphatic carbocycles. The third kappa shape index (κ3) is 7.46. The maximum Gasteiger partial charge on any atom is 0.191 e. The van der Waals surface area contributed by atoms with Gasteiger partial charge in [0.05, 0.1) is 5.00 Å². The van der Waals surface area contributed by atoms with Crippen LogP contribution in [0.3, 0.4) is 0 Å². The molecule has 0 unspecified atom stereocenters. The Morgan fingerprint density at radius 1 is 1.18 bits per heavy atom. The zero-order valence-electron chi connectivity index (χ0n) is 16.4. The van der Waals surface area contributed by atoms with Crippen LogP contribution >= 0.6 is 35.3 Å². The van der Waals surface area contributed by atoms with Crippen molar-refractivity contribution in [3.8, 4) is 0 Å². The third-order valence-electron chi connectivity index (χ3n) is 4.74. The second-order valence-corrected chi connectivity index (χ2v) is 7.63. The Morgan fingerprint density at radius 2 is 2.00 bits per heavy atom. The number of guanidine groups is 1. The molecule has 28 heavy (non-hydrogen) atoms. The predicted octanol–water partition coefficient (Wildman–Crippen LogP) is 3.79. The number of halogens is 1. The van der Waals surface area contributed by atoms with Crippen LogP contribution in [-0.4, -0.2) is 50.2 Å². The van der Waals surface area contributed by atoms with Gasteiger partial charge in [-0.3, -0.25) is 4.99 Å². The second kappa shape index (κ2) is 12.8. The van der Waals surface area contributed by atoms with Crippen molar-refractivity contribution < 1.29 is 0 Å². The first-order valence-corrected chi connectivity index (χ1v) is 10.6. The van der Waals surface area contributed by atoms with Crippen molar-refractivity contribution >= 4 is 52.1 Å². The summed E-state index contributed by atoms with van der Waals surface area (Å²) in [5.74, 6) is 1.86. The quantitative estimate of drug-likeness (QED) is 0.217. The number of aromatic nitrogens is 1. The van der Waals surface area contributed by atoms with Gasteiger partial charge in [-0.15, -0.1) is 35.3 Å². The number of nitrogens with one attached hydrogen (secondary N) is 3. The van der Waals surface area contributed by atoms with E-state index in [0.717, 1.165) is 63.6 Å². The largest absolute Gasteiger partial charge is 0.370 e. The van der Waals surface area contributed by atoms with Crippen molar-refractivity contribution in [1.29, 1.82) is 0 Å². The van der Waals surface area contributed by atoms with E-state index in [2.05, 4.69) is 48.3 Å². The van der Waals surface area contributed by atoms with Crippen molar-refractivity contribution in [2.75, 3.05) is 43.4 Å². The molecule has 3 rings (SSSR count). The summed E-state index contributed by atoms with van der Waals surface area (Å²) in [6, 6.07) is 10.8. The van der Waals surface area contributed by atoms with Crippen LogP contribution in [-0.2, 0) is 0 Å². The van der Waals surface area contributed by atoms with Gasteiger partial charge in [0, 0.05) is 45.5 Å². The molecule has 2 aromatic rings. The maximum atomic E-state index is 4.37. The summed E-state index contributed by atoms with van der Waals surface area (Å²) in [5, 5.41) is 13.9. The summed E-state index contributed by atoms with van der Waals surface area (Å²) in [6.07, 6.45) is 6.29. The van der Waals surface area contributed by atoms with Crippen LogP contribution in [0.15, 0.2) is 46.9 Å². The molecule has 0 aromatic carbocycles. The van der Waals surface area contributed by atoms with Gasteiger partial charge in [0.15, 0.2) is 5.96 Å². The molecule has 1 aliphatic heterocycles. The van der Waals surface area contributed by atoms with Crippen molar-refractivity contribution in [2.45, 2.75) is 31.7 Å². The van der Waals surface area contributed by atoms with E-state index in [1.165, 1.54) is 5.00 Å². The van der Waals surface area contributed by atoms with Gasteiger partial charge >= 0.3 is 0 Å². The zero-order chi connectivity index (χ0) is 18.7. The Balaban J connectivity index is 0.00000280. The van der Waals surface area contributed by atoms with Crippen LogP contribution in [0.5, 0.6) is 0 Å². The minimum Gasteiger partial charge on any atom is -0.370 e. The van der Waals surface area contributed by atoms with Crippen LogP contribution < -0.4 is 20.9 Å². The summed E-state index contributed by atoms with van der Waals surface area (Å²) in [5.41, 5.74) is 0. The number of piperidine rings is 1. The number of nitrogens with zero attached hydrogens (tertiary/aromatic N) is 3. The Hall–Kier alpha value is -1.55. The van der Waals surface area contributed by atoms with Gasteiger partial charge in [0.1, 0.15) is 5.82 Å². The molecule has 0 spiro atoms. The Labute approximate surface area is 189 Å². The normalized spacial score (nSPS) is 15.0. The highest BCUT2D eigenvalue weighted by atomic mass is 127. The zero-order valence-corrected chi connectivity index (χ0v) is 19.6. The molecule has 154 valence electrons. The third-order valence-corrected chi connectivity index (χ3v) is 5.67. The van der Waals surface area contributed by atoms with Gasteiger partial charge in [-0.2, -0.15) is 0 Å². The van der Waals surface area contributed by atoms with Crippen LogP contribution in [0.1, 0.15) is 25.7 Å². The Kier molecular flexibility index (Phi) is 10.4. The highest BCUT2D eigenvalue weighted by molar-refractivity contribution is 14.0. The fraction of sp³-hybridized carbons (Fsp3) is 0.500. The molecule has 6 nitrogen and oxygen atoms in total. The summed E-state index contributed by atoms with van der Waals surface area (Å²) >= 11 is 1.83. The van der Waals surface area contributed by atoms with E-state index < -0.39 is 0 Å². The first-order chi connectivity index (χ1) is 13.3. The average Bonchev–Trinajstić information content (AvgIpc) is 3.26. The molecule has 3 heterocycles. The van der Waals surface area contributed by atoms with E-state index in [1.807, 2.05) is 42.8 Å². The molecule has 1 fully saturated rings. The maximum absolute atomic E-state index is 4.37. The van der Waals surface area contributed by atoms with Gasteiger partial charge in [-0.05, 0) is 55.3 Å². The van der Waals surface area contributed by atoms with Crippen LogP contribution in [0, 0.1) is 0 Å². The first kappa shape index (κ1) is 22.7. The van der Waals surface area contributed by atoms with Gasteiger partial charge in [0.25, 0.3) is 0 Å². The van der Waals surface area contributed by atoms with Gasteiger partial charge < -0.3 is 20.9 Å². The summed E-state index contributed by atoms with van der Waals surface area (Å²) in [7, 11) is 1.85. The molecular formula is C20H31IN6S. The number of anilines is 2. The molecule has 3 N–H and O–H groups in total. The smallest absolute Gasteiger partial charge is 0.191 e. The fourth-order valence-electron chi connectivity index (χ4n) is 3.22. The SMILES string of the molecule is CN=C(NCCCCNc1ccccn1)NC1CCN(c2cccs2)CC1.I. The summed E-state index contributed by atoms with van der Waals surface area (Å²) in [4.78, 5) is 11.1. The van der Waals surface area contributed by atoms with Crippen molar-refractivity contribution in [3.05, 3.63) is 41.9 Å². The number of hydrogen-bond acceptors (Lipinski definition) is 5. The number of aliphatic imine (C=N–C) groups is 1. The van der Waals surface area contributed by atoms with Gasteiger partial charge in [-0.1, -0.05) is 6.07 Å². The molecule has 0 atom stereocenters. The van der Waals surface area contributed by atoms with Crippen LogP contribution in [0.4, 0.5) is 10.8 Å². The molecule has 0 amide bonds. The van der Waals surface area contributed by atoms with E-state index in [4.69, 9.17) is 0 Å². The summed E-state index contributed by atoms with van der Waals surface area (Å²) < 4.78 is 0. The van der Waals surface area contributed by atoms with E-state index in [-0.39, 0.29) is 24.0 Å². The lowest BCUT2D eigenvalue weighted by atomic mass is 10.1. The standard InChI is InChI=1S/C20H30N6S.HI/c1-21-20(24-13-5-4-12-23-18-7-2-3-11-22-18)25-17-9-14-26(15-10-17)19-8-6-16-27-19;/h2-3,6-8,11,16-17H,4-5,9-10,12-15H2,1H3,(H,22,23)(H2,21,24,25);1H. The number of thiophene rings is 1. The number of pyridine rings is 1. The average molecular weight is 514 g/mol. The van der Waals surface area contributed by atoms with Crippen LogP contribution in [0.2, 0.25) is 0 Å². The van der Waals surface area contributed by atoms with E-state index in [0.29, 0.717) is 6.04 Å². The lowest BCUT2D eigenvalue weighted by Gasteiger charge is -2.33. The molecule has 0 radical (unpaired) electrons. The van der Waals surface area contributed by atoms with Gasteiger partial charge in [0.2, 0.25) is 0 Å². The fourth-order valence-corrected chi connectivity index (χ4v) is 4.01. The van der Waals surface area contributed by atoms with Gasteiger partial charge in [-0.25, -0.2) is 4.98 Å². The number of unbranched alkanes of at least 4 members (excludes halogenated alkanes) is 1. The van der Waals surface area contributed by atoms with Crippen molar-refractivity contribution in [1.82, 2.24) is 15.6 Å². The number of rotatable bonds is 8. The molecule has 1 saturated heterocycles. The van der Waals surface area contributed by atoms with E-state index >= 15 is 0 Å². The Bertz CT molecular complexity index is 671. The van der Waals surface area contributed by atoms with E-state index in [9.17, 15) is 0 Å². The first-order valence-electron chi connectivity index (χ1n) is 9.75. The monoisotopic (exact) mass is 514 g/mol. The predicted molar refractivity (Wildman–Crippen MR) is 131 cm³/mol. The minimum atomic E-state index is 0. The summed E-state index contributed by atoms with van der Waals surface area (Å²) in [6.45, 7) is 4.08. The van der Waals surface area contributed by atoms with Crippen LogP contribution in [0.25, 0.3) is 0 Å². The molecule has 0 bridgehead atoms. The highest BCUT2D eigenvalue weighted by Gasteiger charge is 2.20. The van der Waals surface area contributed by atoms with E-state index in [1.54, 1.807) is 0 Å². The molecular weight excluding hydrogens is 483 g/mol.